The Kier molecular flexibility index (Phi) is 7.32. The van der Waals surface area contributed by atoms with E-state index in [1.807, 2.05) is 24.4 Å². The number of methoxy groups -OCH3 is 1. The van der Waals surface area contributed by atoms with E-state index >= 15 is 0 Å². The Morgan fingerprint density at radius 1 is 1.00 bits per heavy atom. The Labute approximate surface area is 208 Å². The van der Waals surface area contributed by atoms with Gasteiger partial charge in [-0.05, 0) is 75.5 Å². The summed E-state index contributed by atoms with van der Waals surface area (Å²) in [7, 11) is 3.80. The van der Waals surface area contributed by atoms with Crippen molar-refractivity contribution in [3.05, 3.63) is 54.0 Å². The molecule has 2 fully saturated rings. The molecule has 2 aliphatic rings. The Morgan fingerprint density at radius 3 is 2.57 bits per heavy atom. The standard InChI is InChI=1S/C28H37N5O2/c1-31-18-5-3-4-8-25(31)28(34)32-19-15-22(16-20-32)33-26(30-24-7-6-17-29-27(24)33)14-11-21-9-12-23(35-2)13-10-21/h6-7,9-10,12-13,17,22,25H,3-5,8,11,14-16,18-20H2,1-2H3. The van der Waals surface area contributed by atoms with Crippen LogP contribution in [0.3, 0.4) is 0 Å². The molecule has 186 valence electrons. The average Bonchev–Trinajstić information content (AvgIpc) is 3.13. The van der Waals surface area contributed by atoms with Gasteiger partial charge in [-0.15, -0.1) is 0 Å². The number of amides is 1. The molecule has 7 nitrogen and oxygen atoms in total. The third-order valence-electron chi connectivity index (χ3n) is 7.76. The Hall–Kier alpha value is -2.93. The van der Waals surface area contributed by atoms with Crippen LogP contribution in [0, 0.1) is 0 Å². The van der Waals surface area contributed by atoms with Gasteiger partial charge in [0.15, 0.2) is 5.65 Å². The second-order valence-corrected chi connectivity index (χ2v) is 9.99. The van der Waals surface area contributed by atoms with Gasteiger partial charge in [0.2, 0.25) is 5.91 Å². The number of likely N-dealkylation sites (tertiary alicyclic amines) is 2. The SMILES string of the molecule is COc1ccc(CCc2nc3cccnc3n2C2CCN(C(=O)C3CCCCCN3C)CC2)cc1. The van der Waals surface area contributed by atoms with Gasteiger partial charge in [0.1, 0.15) is 17.1 Å². The molecular weight excluding hydrogens is 438 g/mol. The van der Waals surface area contributed by atoms with Crippen molar-refractivity contribution < 1.29 is 9.53 Å². The van der Waals surface area contributed by atoms with E-state index in [0.29, 0.717) is 11.9 Å². The number of benzene rings is 1. The molecule has 0 spiro atoms. The third kappa shape index (κ3) is 5.20. The normalized spacial score (nSPS) is 20.2. The van der Waals surface area contributed by atoms with E-state index in [2.05, 4.69) is 39.6 Å². The first-order chi connectivity index (χ1) is 17.1. The molecule has 7 heteroatoms. The monoisotopic (exact) mass is 475 g/mol. The fraction of sp³-hybridized carbons (Fsp3) is 0.536. The minimum atomic E-state index is 0.0462. The zero-order chi connectivity index (χ0) is 24.2. The fourth-order valence-electron chi connectivity index (χ4n) is 5.70. The predicted molar refractivity (Wildman–Crippen MR) is 138 cm³/mol. The van der Waals surface area contributed by atoms with Crippen molar-refractivity contribution in [1.29, 1.82) is 0 Å². The largest absolute Gasteiger partial charge is 0.497 e. The molecule has 1 atom stereocenters. The quantitative estimate of drug-likeness (QED) is 0.533. The molecule has 0 saturated carbocycles. The maximum Gasteiger partial charge on any atom is 0.239 e. The summed E-state index contributed by atoms with van der Waals surface area (Å²) in [5.41, 5.74) is 3.19. The molecule has 4 heterocycles. The Bertz CT molecular complexity index is 1130. The first-order valence-electron chi connectivity index (χ1n) is 13.1. The number of carbonyl (C=O) groups excluding carboxylic acids is 1. The number of pyridine rings is 1. The number of carbonyl (C=O) groups is 1. The van der Waals surface area contributed by atoms with E-state index in [0.717, 1.165) is 80.9 Å². The number of fused-ring (bicyclic) bond motifs is 1. The van der Waals surface area contributed by atoms with Gasteiger partial charge in [0, 0.05) is 31.7 Å². The van der Waals surface area contributed by atoms with Crippen molar-refractivity contribution in [1.82, 2.24) is 24.3 Å². The lowest BCUT2D eigenvalue weighted by molar-refractivity contribution is -0.138. The number of nitrogens with zero attached hydrogens (tertiary/aromatic N) is 5. The summed E-state index contributed by atoms with van der Waals surface area (Å²) in [6, 6.07) is 12.6. The fourth-order valence-corrected chi connectivity index (χ4v) is 5.70. The molecule has 3 aromatic rings. The van der Waals surface area contributed by atoms with Gasteiger partial charge < -0.3 is 14.2 Å². The van der Waals surface area contributed by atoms with Gasteiger partial charge >= 0.3 is 0 Å². The van der Waals surface area contributed by atoms with Crippen LogP contribution in [0.15, 0.2) is 42.6 Å². The van der Waals surface area contributed by atoms with Crippen LogP contribution in [-0.2, 0) is 17.6 Å². The van der Waals surface area contributed by atoms with Gasteiger partial charge in [-0.1, -0.05) is 25.0 Å². The molecule has 2 aliphatic heterocycles. The lowest BCUT2D eigenvalue weighted by atomic mass is 10.0. The van der Waals surface area contributed by atoms with Crippen molar-refractivity contribution in [2.75, 3.05) is 33.8 Å². The number of likely N-dealkylation sites (N-methyl/N-ethyl adjacent to an activating group) is 1. The summed E-state index contributed by atoms with van der Waals surface area (Å²) < 4.78 is 7.65. The third-order valence-corrected chi connectivity index (χ3v) is 7.76. The van der Waals surface area contributed by atoms with Crippen LogP contribution in [0.2, 0.25) is 0 Å². The van der Waals surface area contributed by atoms with Gasteiger partial charge in [0.25, 0.3) is 0 Å². The second kappa shape index (κ2) is 10.8. The van der Waals surface area contributed by atoms with Crippen molar-refractivity contribution >= 4 is 17.1 Å². The Morgan fingerprint density at radius 2 is 1.80 bits per heavy atom. The number of hydrogen-bond acceptors (Lipinski definition) is 5. The zero-order valence-electron chi connectivity index (χ0n) is 21.0. The highest BCUT2D eigenvalue weighted by Gasteiger charge is 2.32. The molecule has 1 amide bonds. The van der Waals surface area contributed by atoms with Crippen LogP contribution >= 0.6 is 0 Å². The topological polar surface area (TPSA) is 63.5 Å². The summed E-state index contributed by atoms with van der Waals surface area (Å²) in [6.07, 6.45) is 10.1. The van der Waals surface area contributed by atoms with Crippen molar-refractivity contribution in [2.45, 2.75) is 63.5 Å². The molecule has 2 aromatic heterocycles. The lowest BCUT2D eigenvalue weighted by Gasteiger charge is -2.37. The first kappa shape index (κ1) is 23.8. The minimum Gasteiger partial charge on any atom is -0.497 e. The summed E-state index contributed by atoms with van der Waals surface area (Å²) in [5.74, 6) is 2.28. The predicted octanol–water partition coefficient (Wildman–Crippen LogP) is 4.26. The zero-order valence-corrected chi connectivity index (χ0v) is 21.0. The smallest absolute Gasteiger partial charge is 0.239 e. The molecule has 0 bridgehead atoms. The highest BCUT2D eigenvalue weighted by molar-refractivity contribution is 5.82. The maximum absolute atomic E-state index is 13.3. The average molecular weight is 476 g/mol. The first-order valence-corrected chi connectivity index (χ1v) is 13.1. The highest BCUT2D eigenvalue weighted by atomic mass is 16.5. The van der Waals surface area contributed by atoms with Crippen LogP contribution < -0.4 is 4.74 Å². The van der Waals surface area contributed by atoms with Gasteiger partial charge in [0.05, 0.1) is 13.2 Å². The Balaban J connectivity index is 1.30. The van der Waals surface area contributed by atoms with Crippen molar-refractivity contribution in [3.63, 3.8) is 0 Å². The lowest BCUT2D eigenvalue weighted by Crippen LogP contribution is -2.49. The molecule has 2 saturated heterocycles. The van der Waals surface area contributed by atoms with Crippen molar-refractivity contribution in [2.24, 2.45) is 0 Å². The summed E-state index contributed by atoms with van der Waals surface area (Å²) in [4.78, 5) is 27.4. The molecule has 0 N–H and O–H groups in total. The number of rotatable bonds is 6. The summed E-state index contributed by atoms with van der Waals surface area (Å²) in [5, 5.41) is 0. The van der Waals surface area contributed by atoms with Crippen LogP contribution in [0.1, 0.15) is 56.0 Å². The van der Waals surface area contributed by atoms with Gasteiger partial charge in [-0.3, -0.25) is 9.69 Å². The molecule has 5 rings (SSSR count). The number of piperidine rings is 1. The van der Waals surface area contributed by atoms with E-state index in [-0.39, 0.29) is 6.04 Å². The van der Waals surface area contributed by atoms with Crippen LogP contribution in [0.25, 0.3) is 11.2 Å². The second-order valence-electron chi connectivity index (χ2n) is 9.99. The van der Waals surface area contributed by atoms with E-state index in [9.17, 15) is 4.79 Å². The van der Waals surface area contributed by atoms with Gasteiger partial charge in [-0.2, -0.15) is 0 Å². The van der Waals surface area contributed by atoms with Crippen LogP contribution in [0.4, 0.5) is 0 Å². The molecule has 0 radical (unpaired) electrons. The molecule has 0 aliphatic carbocycles. The van der Waals surface area contributed by atoms with Crippen LogP contribution in [0.5, 0.6) is 5.75 Å². The van der Waals surface area contributed by atoms with Crippen molar-refractivity contribution in [3.8, 4) is 5.75 Å². The summed E-state index contributed by atoms with van der Waals surface area (Å²) in [6.45, 7) is 2.63. The number of imidazole rings is 1. The maximum atomic E-state index is 13.3. The summed E-state index contributed by atoms with van der Waals surface area (Å²) >= 11 is 0. The van der Waals surface area contributed by atoms with Crippen LogP contribution in [-0.4, -0.2) is 70.1 Å². The van der Waals surface area contributed by atoms with E-state index in [1.165, 1.54) is 18.4 Å². The highest BCUT2D eigenvalue weighted by Crippen LogP contribution is 2.30. The minimum absolute atomic E-state index is 0.0462. The van der Waals surface area contributed by atoms with E-state index in [4.69, 9.17) is 14.7 Å². The molecule has 1 unspecified atom stereocenters. The molecular formula is C28H37N5O2. The van der Waals surface area contributed by atoms with E-state index in [1.54, 1.807) is 7.11 Å². The molecule has 1 aromatic carbocycles. The molecule has 35 heavy (non-hydrogen) atoms. The van der Waals surface area contributed by atoms with E-state index < -0.39 is 0 Å². The number of aromatic nitrogens is 3. The number of aryl methyl sites for hydroxylation is 2. The van der Waals surface area contributed by atoms with Gasteiger partial charge in [-0.25, -0.2) is 9.97 Å². The number of hydrogen-bond donors (Lipinski definition) is 0. The number of ether oxygens (including phenoxy) is 1.